The van der Waals surface area contributed by atoms with Crippen molar-refractivity contribution in [3.63, 3.8) is 0 Å². The van der Waals surface area contributed by atoms with Crippen molar-refractivity contribution in [3.8, 4) is 0 Å². The molecule has 0 radical (unpaired) electrons. The highest BCUT2D eigenvalue weighted by atomic mass is 16.5. The average molecular weight is 239 g/mol. The van der Waals surface area contributed by atoms with Crippen molar-refractivity contribution >= 4 is 0 Å². The molecule has 0 aliphatic carbocycles. The number of hydrogen-bond donors (Lipinski definition) is 1. The van der Waals surface area contributed by atoms with Crippen LogP contribution >= 0.6 is 0 Å². The lowest BCUT2D eigenvalue weighted by molar-refractivity contribution is 0.0311. The number of piperazine rings is 1. The summed E-state index contributed by atoms with van der Waals surface area (Å²) >= 11 is 0. The zero-order valence-electron chi connectivity index (χ0n) is 10.7. The summed E-state index contributed by atoms with van der Waals surface area (Å²) in [6.45, 7) is 10.8. The number of nitrogens with zero attached hydrogens (tertiary/aromatic N) is 2. The van der Waals surface area contributed by atoms with E-state index in [1.165, 1.54) is 58.7 Å². The fourth-order valence-corrected chi connectivity index (χ4v) is 3.14. The minimum absolute atomic E-state index is 0.834. The van der Waals surface area contributed by atoms with E-state index in [9.17, 15) is 0 Å². The largest absolute Gasteiger partial charge is 0.381 e. The molecule has 3 fully saturated rings. The summed E-state index contributed by atoms with van der Waals surface area (Å²) in [5.74, 6) is 0.890. The van der Waals surface area contributed by atoms with Gasteiger partial charge in [0, 0.05) is 65.1 Å². The molecule has 0 aromatic heterocycles. The minimum Gasteiger partial charge on any atom is -0.381 e. The van der Waals surface area contributed by atoms with Crippen molar-refractivity contribution in [1.82, 2.24) is 15.1 Å². The van der Waals surface area contributed by atoms with Gasteiger partial charge in [-0.05, 0) is 18.8 Å². The van der Waals surface area contributed by atoms with Crippen LogP contribution in [0.4, 0.5) is 0 Å². The van der Waals surface area contributed by atoms with Gasteiger partial charge in [-0.2, -0.15) is 0 Å². The predicted molar refractivity (Wildman–Crippen MR) is 68.2 cm³/mol. The molecule has 4 nitrogen and oxygen atoms in total. The molecule has 3 saturated heterocycles. The maximum atomic E-state index is 5.43. The summed E-state index contributed by atoms with van der Waals surface area (Å²) in [4.78, 5) is 5.33. The van der Waals surface area contributed by atoms with E-state index in [1.54, 1.807) is 0 Å². The Balaban J connectivity index is 1.38. The lowest BCUT2D eigenvalue weighted by Crippen LogP contribution is -2.61. The van der Waals surface area contributed by atoms with Gasteiger partial charge in [0.05, 0.1) is 0 Å². The fourth-order valence-electron chi connectivity index (χ4n) is 3.14. The van der Waals surface area contributed by atoms with Crippen LogP contribution in [0.5, 0.6) is 0 Å². The Morgan fingerprint density at radius 2 is 1.71 bits per heavy atom. The van der Waals surface area contributed by atoms with E-state index in [-0.39, 0.29) is 0 Å². The molecule has 0 bridgehead atoms. The molecule has 0 unspecified atom stereocenters. The number of rotatable bonds is 3. The zero-order valence-corrected chi connectivity index (χ0v) is 10.7. The maximum Gasteiger partial charge on any atom is 0.0469 e. The highest BCUT2D eigenvalue weighted by molar-refractivity contribution is 4.87. The Morgan fingerprint density at radius 3 is 2.29 bits per heavy atom. The summed E-state index contributed by atoms with van der Waals surface area (Å²) in [6.07, 6.45) is 2.54. The molecule has 0 saturated carbocycles. The van der Waals surface area contributed by atoms with Gasteiger partial charge in [0.15, 0.2) is 0 Å². The SMILES string of the molecule is C1CC(CN2CCN(C3CNC3)CC2)CCO1. The zero-order chi connectivity index (χ0) is 11.5. The molecule has 17 heavy (non-hydrogen) atoms. The molecule has 3 aliphatic heterocycles. The van der Waals surface area contributed by atoms with Gasteiger partial charge in [-0.15, -0.1) is 0 Å². The maximum absolute atomic E-state index is 5.43. The summed E-state index contributed by atoms with van der Waals surface area (Å²) in [7, 11) is 0. The topological polar surface area (TPSA) is 27.7 Å². The van der Waals surface area contributed by atoms with Crippen LogP contribution < -0.4 is 5.32 Å². The van der Waals surface area contributed by atoms with Crippen LogP contribution in [0.1, 0.15) is 12.8 Å². The van der Waals surface area contributed by atoms with Gasteiger partial charge >= 0.3 is 0 Å². The van der Waals surface area contributed by atoms with E-state index in [4.69, 9.17) is 4.74 Å². The van der Waals surface area contributed by atoms with Crippen LogP contribution in [0.25, 0.3) is 0 Å². The van der Waals surface area contributed by atoms with E-state index in [0.29, 0.717) is 0 Å². The average Bonchev–Trinajstić information content (AvgIpc) is 2.31. The first-order valence-corrected chi connectivity index (χ1v) is 7.17. The first-order chi connectivity index (χ1) is 8.42. The standard InChI is InChI=1S/C13H25N3O/c1-7-17-8-2-12(1)11-15-3-5-16(6-4-15)13-9-14-10-13/h12-14H,1-11H2. The lowest BCUT2D eigenvalue weighted by Gasteiger charge is -2.44. The third kappa shape index (κ3) is 2.99. The molecule has 4 heteroatoms. The minimum atomic E-state index is 0.834. The second kappa shape index (κ2) is 5.65. The molecular formula is C13H25N3O. The second-order valence-corrected chi connectivity index (χ2v) is 5.70. The van der Waals surface area contributed by atoms with Gasteiger partial charge in [0.1, 0.15) is 0 Å². The van der Waals surface area contributed by atoms with Crippen LogP contribution in [-0.4, -0.2) is 74.9 Å². The van der Waals surface area contributed by atoms with E-state index < -0.39 is 0 Å². The lowest BCUT2D eigenvalue weighted by atomic mass is 9.99. The predicted octanol–water partition coefficient (Wildman–Crippen LogP) is 0.00240. The van der Waals surface area contributed by atoms with Crippen LogP contribution in [0, 0.1) is 5.92 Å². The van der Waals surface area contributed by atoms with Crippen LogP contribution in [0.3, 0.4) is 0 Å². The summed E-state index contributed by atoms with van der Waals surface area (Å²) in [5.41, 5.74) is 0. The van der Waals surface area contributed by atoms with Crippen molar-refractivity contribution in [3.05, 3.63) is 0 Å². The Kier molecular flexibility index (Phi) is 3.96. The molecule has 0 aromatic carbocycles. The number of ether oxygens (including phenoxy) is 1. The van der Waals surface area contributed by atoms with Gasteiger partial charge in [0.25, 0.3) is 0 Å². The van der Waals surface area contributed by atoms with Crippen LogP contribution in [0.2, 0.25) is 0 Å². The molecule has 0 spiro atoms. The quantitative estimate of drug-likeness (QED) is 0.750. The van der Waals surface area contributed by atoms with Gasteiger partial charge in [-0.1, -0.05) is 0 Å². The van der Waals surface area contributed by atoms with Gasteiger partial charge in [-0.25, -0.2) is 0 Å². The van der Waals surface area contributed by atoms with Crippen molar-refractivity contribution in [2.75, 3.05) is 59.0 Å². The molecule has 0 amide bonds. The monoisotopic (exact) mass is 239 g/mol. The van der Waals surface area contributed by atoms with Crippen LogP contribution in [0.15, 0.2) is 0 Å². The van der Waals surface area contributed by atoms with Crippen molar-refractivity contribution in [2.24, 2.45) is 5.92 Å². The van der Waals surface area contributed by atoms with Crippen molar-refractivity contribution in [2.45, 2.75) is 18.9 Å². The van der Waals surface area contributed by atoms with Gasteiger partial charge in [0.2, 0.25) is 0 Å². The Labute approximate surface area is 104 Å². The second-order valence-electron chi connectivity index (χ2n) is 5.70. The Hall–Kier alpha value is -0.160. The molecule has 1 N–H and O–H groups in total. The Bertz CT molecular complexity index is 231. The third-order valence-electron chi connectivity index (χ3n) is 4.54. The number of hydrogen-bond acceptors (Lipinski definition) is 4. The van der Waals surface area contributed by atoms with E-state index in [0.717, 1.165) is 25.2 Å². The van der Waals surface area contributed by atoms with Gasteiger partial charge in [-0.3, -0.25) is 4.90 Å². The van der Waals surface area contributed by atoms with Crippen molar-refractivity contribution < 1.29 is 4.74 Å². The highest BCUT2D eigenvalue weighted by Crippen LogP contribution is 2.17. The summed E-state index contributed by atoms with van der Waals surface area (Å²) in [5, 5.41) is 3.37. The summed E-state index contributed by atoms with van der Waals surface area (Å²) in [6, 6.07) is 0.834. The molecule has 3 rings (SSSR count). The first kappa shape index (κ1) is 11.9. The summed E-state index contributed by atoms with van der Waals surface area (Å²) < 4.78 is 5.43. The smallest absolute Gasteiger partial charge is 0.0469 e. The molecule has 3 aliphatic rings. The molecule has 98 valence electrons. The van der Waals surface area contributed by atoms with Crippen LogP contribution in [-0.2, 0) is 4.74 Å². The van der Waals surface area contributed by atoms with E-state index in [2.05, 4.69) is 15.1 Å². The van der Waals surface area contributed by atoms with E-state index >= 15 is 0 Å². The molecule has 0 aromatic rings. The Morgan fingerprint density at radius 1 is 1.00 bits per heavy atom. The normalized spacial score (nSPS) is 30.4. The number of nitrogens with one attached hydrogen (secondary N) is 1. The van der Waals surface area contributed by atoms with Gasteiger partial charge < -0.3 is 15.0 Å². The fraction of sp³-hybridized carbons (Fsp3) is 1.00. The third-order valence-corrected chi connectivity index (χ3v) is 4.54. The molecule has 0 atom stereocenters. The van der Waals surface area contributed by atoms with E-state index in [1.807, 2.05) is 0 Å². The first-order valence-electron chi connectivity index (χ1n) is 7.17. The molecular weight excluding hydrogens is 214 g/mol. The molecule has 3 heterocycles. The highest BCUT2D eigenvalue weighted by Gasteiger charge is 2.28. The van der Waals surface area contributed by atoms with Crippen molar-refractivity contribution in [1.29, 1.82) is 0 Å².